The number of carbonyl (C=O) groups excluding carboxylic acids is 1. The molecule has 13 heteroatoms. The number of hydrogen-bond acceptors (Lipinski definition) is 6. The van der Waals surface area contributed by atoms with Crippen molar-refractivity contribution in [1.82, 2.24) is 29.5 Å². The fraction of sp³-hybridized carbons (Fsp3) is 0.320. The van der Waals surface area contributed by atoms with Crippen LogP contribution >= 0.6 is 0 Å². The lowest BCUT2D eigenvalue weighted by molar-refractivity contribution is -0.138. The van der Waals surface area contributed by atoms with Crippen LogP contribution in [0, 0.1) is 0 Å². The molecule has 0 radical (unpaired) electrons. The molecule has 1 amide bonds. The van der Waals surface area contributed by atoms with Crippen LogP contribution in [-0.4, -0.2) is 47.6 Å². The SMILES string of the molecule is Cn1cnnc1-c1cnn(C)c1-c1cc(NCC2(F)CC2)nc(N2Cc3c(cccc3C(F)(F)F)C2=O)c1. The standard InChI is InChI=1S/C25H22F4N8O/c1-35-13-31-34-22(35)16-10-32-36(2)21(16)14-8-19(30-12-24(26)6-7-24)33-20(9-14)37-11-17-15(23(37)38)4-3-5-18(17)25(27,28)29/h3-5,8-10,13H,6-7,11-12H2,1-2H3,(H,30,33). The first kappa shape index (κ1) is 24.1. The molecule has 3 aromatic heterocycles. The lowest BCUT2D eigenvalue weighted by atomic mass is 10.0. The molecule has 1 aliphatic carbocycles. The Kier molecular flexibility index (Phi) is 5.30. The molecule has 0 spiro atoms. The number of carbonyl (C=O) groups is 1. The van der Waals surface area contributed by atoms with Gasteiger partial charge in [0.15, 0.2) is 5.82 Å². The summed E-state index contributed by atoms with van der Waals surface area (Å²) in [6.45, 7) is -0.273. The van der Waals surface area contributed by atoms with E-state index in [-0.39, 0.29) is 35.9 Å². The normalized spacial score (nSPS) is 16.2. The van der Waals surface area contributed by atoms with E-state index in [1.807, 2.05) is 0 Å². The number of alkyl halides is 4. The highest BCUT2D eigenvalue weighted by molar-refractivity contribution is 6.10. The minimum Gasteiger partial charge on any atom is -0.367 e. The van der Waals surface area contributed by atoms with Crippen LogP contribution < -0.4 is 10.2 Å². The van der Waals surface area contributed by atoms with E-state index < -0.39 is 23.3 Å². The van der Waals surface area contributed by atoms with E-state index >= 15 is 0 Å². The van der Waals surface area contributed by atoms with Gasteiger partial charge in [0.25, 0.3) is 5.91 Å². The van der Waals surface area contributed by atoms with Crippen LogP contribution in [0.1, 0.15) is 34.3 Å². The number of aryl methyl sites for hydroxylation is 2. The summed E-state index contributed by atoms with van der Waals surface area (Å²) in [7, 11) is 3.52. The van der Waals surface area contributed by atoms with Crippen LogP contribution in [0.2, 0.25) is 0 Å². The van der Waals surface area contributed by atoms with Gasteiger partial charge in [-0.3, -0.25) is 14.4 Å². The molecular weight excluding hydrogens is 504 g/mol. The number of pyridine rings is 1. The summed E-state index contributed by atoms with van der Waals surface area (Å²) in [6.07, 6.45) is -0.565. The maximum absolute atomic E-state index is 14.4. The molecule has 1 aromatic carbocycles. The Hall–Kier alpha value is -4.29. The third kappa shape index (κ3) is 4.07. The maximum atomic E-state index is 14.4. The monoisotopic (exact) mass is 526 g/mol. The van der Waals surface area contributed by atoms with Crippen molar-refractivity contribution < 1.29 is 22.4 Å². The number of halogens is 4. The lowest BCUT2D eigenvalue weighted by Gasteiger charge is -2.19. The number of hydrogen-bond donors (Lipinski definition) is 1. The quantitative estimate of drug-likeness (QED) is 0.375. The second kappa shape index (κ2) is 8.36. The second-order valence-electron chi connectivity index (χ2n) is 9.62. The zero-order valence-corrected chi connectivity index (χ0v) is 20.4. The number of nitrogens with zero attached hydrogens (tertiary/aromatic N) is 7. The zero-order chi connectivity index (χ0) is 26.8. The Labute approximate surface area is 214 Å². The molecule has 0 unspecified atom stereocenters. The molecule has 0 saturated heterocycles. The van der Waals surface area contributed by atoms with Crippen molar-refractivity contribution in [3.63, 3.8) is 0 Å². The number of nitrogens with one attached hydrogen (secondary N) is 1. The zero-order valence-electron chi connectivity index (χ0n) is 20.4. The molecular formula is C25H22F4N8O. The van der Waals surface area contributed by atoms with Crippen LogP contribution in [0.15, 0.2) is 42.9 Å². The summed E-state index contributed by atoms with van der Waals surface area (Å²) in [5, 5.41) is 15.5. The molecule has 2 aliphatic rings. The van der Waals surface area contributed by atoms with Gasteiger partial charge in [-0.05, 0) is 42.7 Å². The highest BCUT2D eigenvalue weighted by atomic mass is 19.4. The van der Waals surface area contributed by atoms with Gasteiger partial charge in [-0.1, -0.05) is 6.07 Å². The van der Waals surface area contributed by atoms with Gasteiger partial charge >= 0.3 is 6.18 Å². The maximum Gasteiger partial charge on any atom is 0.416 e. The molecule has 1 aliphatic heterocycles. The number of aromatic nitrogens is 6. The summed E-state index contributed by atoms with van der Waals surface area (Å²) in [5.41, 5.74) is -0.474. The number of amides is 1. The summed E-state index contributed by atoms with van der Waals surface area (Å²) in [6, 6.07) is 6.87. The van der Waals surface area contributed by atoms with E-state index in [0.717, 1.165) is 6.07 Å². The van der Waals surface area contributed by atoms with E-state index in [9.17, 15) is 22.4 Å². The predicted molar refractivity (Wildman–Crippen MR) is 130 cm³/mol. The highest BCUT2D eigenvalue weighted by Gasteiger charge is 2.43. The fourth-order valence-corrected chi connectivity index (χ4v) is 4.70. The van der Waals surface area contributed by atoms with E-state index in [4.69, 9.17) is 0 Å². The summed E-state index contributed by atoms with van der Waals surface area (Å²) < 4.78 is 58.8. The van der Waals surface area contributed by atoms with Crippen molar-refractivity contribution >= 4 is 17.5 Å². The minimum absolute atomic E-state index is 0.0246. The van der Waals surface area contributed by atoms with Crippen LogP contribution in [0.25, 0.3) is 22.6 Å². The number of anilines is 2. The molecule has 0 bridgehead atoms. The number of benzene rings is 1. The third-order valence-electron chi connectivity index (χ3n) is 6.90. The largest absolute Gasteiger partial charge is 0.416 e. The first-order valence-corrected chi connectivity index (χ1v) is 11.9. The van der Waals surface area contributed by atoms with Gasteiger partial charge in [0.2, 0.25) is 0 Å². The molecule has 4 aromatic rings. The topological polar surface area (TPSA) is 93.8 Å². The minimum atomic E-state index is -4.61. The smallest absolute Gasteiger partial charge is 0.367 e. The molecule has 6 rings (SSSR count). The lowest BCUT2D eigenvalue weighted by Crippen LogP contribution is -2.25. The predicted octanol–water partition coefficient (Wildman–Crippen LogP) is 4.37. The van der Waals surface area contributed by atoms with Gasteiger partial charge in [0.05, 0.1) is 36.1 Å². The van der Waals surface area contributed by atoms with Crippen molar-refractivity contribution in [2.75, 3.05) is 16.8 Å². The molecule has 0 atom stereocenters. The van der Waals surface area contributed by atoms with Crippen LogP contribution in [0.4, 0.5) is 29.2 Å². The average molecular weight is 526 g/mol. The molecule has 4 heterocycles. The van der Waals surface area contributed by atoms with Gasteiger partial charge in [0.1, 0.15) is 23.6 Å². The van der Waals surface area contributed by atoms with Gasteiger partial charge in [-0.15, -0.1) is 10.2 Å². The summed E-state index contributed by atoms with van der Waals surface area (Å²) in [4.78, 5) is 19.0. The highest BCUT2D eigenvalue weighted by Crippen LogP contribution is 2.41. The van der Waals surface area contributed by atoms with Crippen molar-refractivity contribution in [2.45, 2.75) is 31.2 Å². The summed E-state index contributed by atoms with van der Waals surface area (Å²) >= 11 is 0. The Morgan fingerprint density at radius 2 is 1.92 bits per heavy atom. The molecule has 196 valence electrons. The third-order valence-corrected chi connectivity index (χ3v) is 6.90. The molecule has 1 saturated carbocycles. The van der Waals surface area contributed by atoms with Crippen molar-refractivity contribution in [1.29, 1.82) is 0 Å². The first-order chi connectivity index (χ1) is 18.0. The number of rotatable bonds is 6. The Morgan fingerprint density at radius 3 is 2.61 bits per heavy atom. The average Bonchev–Trinajstić information content (AvgIpc) is 3.16. The van der Waals surface area contributed by atoms with E-state index in [2.05, 4.69) is 25.6 Å². The van der Waals surface area contributed by atoms with Gasteiger partial charge in [-0.2, -0.15) is 18.3 Å². The molecule has 1 N–H and O–H groups in total. The van der Waals surface area contributed by atoms with E-state index in [1.165, 1.54) is 17.0 Å². The summed E-state index contributed by atoms with van der Waals surface area (Å²) in [5.74, 6) is 0.366. The van der Waals surface area contributed by atoms with Gasteiger partial charge in [0, 0.05) is 25.2 Å². The van der Waals surface area contributed by atoms with E-state index in [1.54, 1.807) is 48.0 Å². The van der Waals surface area contributed by atoms with Crippen molar-refractivity contribution in [3.05, 3.63) is 59.5 Å². The first-order valence-electron chi connectivity index (χ1n) is 11.9. The molecule has 38 heavy (non-hydrogen) atoms. The molecule has 9 nitrogen and oxygen atoms in total. The van der Waals surface area contributed by atoms with Crippen molar-refractivity contribution in [3.8, 4) is 22.6 Å². The Morgan fingerprint density at radius 1 is 1.13 bits per heavy atom. The Bertz CT molecular complexity index is 1570. The number of fused-ring (bicyclic) bond motifs is 1. The fourth-order valence-electron chi connectivity index (χ4n) is 4.70. The van der Waals surface area contributed by atoms with E-state index in [0.29, 0.717) is 35.5 Å². The van der Waals surface area contributed by atoms with Crippen LogP contribution in [0.3, 0.4) is 0 Å². The van der Waals surface area contributed by atoms with Gasteiger partial charge in [-0.25, -0.2) is 9.37 Å². The van der Waals surface area contributed by atoms with Crippen molar-refractivity contribution in [2.24, 2.45) is 14.1 Å². The molecule has 1 fully saturated rings. The van der Waals surface area contributed by atoms with Crippen LogP contribution in [-0.2, 0) is 26.8 Å². The van der Waals surface area contributed by atoms with Gasteiger partial charge < -0.3 is 9.88 Å². The van der Waals surface area contributed by atoms with Crippen LogP contribution in [0.5, 0.6) is 0 Å². The Balaban J connectivity index is 1.46. The second-order valence-corrected chi connectivity index (χ2v) is 9.62.